The number of rotatable bonds is 11. The summed E-state index contributed by atoms with van der Waals surface area (Å²) >= 11 is 0. The third-order valence-corrected chi connectivity index (χ3v) is 4.79. The molecule has 0 bridgehead atoms. The molecular formula is C24H30FN3. The molecule has 3 nitrogen and oxygen atoms in total. The second-order valence-corrected chi connectivity index (χ2v) is 6.89. The van der Waals surface area contributed by atoms with Gasteiger partial charge in [0.15, 0.2) is 0 Å². The fourth-order valence-electron chi connectivity index (χ4n) is 3.05. The van der Waals surface area contributed by atoms with Crippen molar-refractivity contribution in [2.75, 3.05) is 18.9 Å². The summed E-state index contributed by atoms with van der Waals surface area (Å²) < 4.78 is 13.1. The smallest absolute Gasteiger partial charge is 0.0481 e. The highest BCUT2D eigenvalue weighted by molar-refractivity contribution is 5.75. The summed E-state index contributed by atoms with van der Waals surface area (Å²) in [5.41, 5.74) is 5.25. The molecule has 0 saturated heterocycles. The zero-order chi connectivity index (χ0) is 20.5. The molecule has 28 heavy (non-hydrogen) atoms. The highest BCUT2D eigenvalue weighted by Gasteiger charge is 2.14. The van der Waals surface area contributed by atoms with Crippen molar-refractivity contribution in [2.24, 2.45) is 0 Å². The zero-order valence-corrected chi connectivity index (χ0v) is 16.9. The number of nitrogens with zero attached hydrogens (tertiary/aromatic N) is 2. The highest BCUT2D eigenvalue weighted by atomic mass is 19.2. The molecule has 2 aromatic carbocycles. The molecule has 2 aromatic rings. The molecule has 1 unspecified atom stereocenters. The average Bonchev–Trinajstić information content (AvgIpc) is 2.70. The molecule has 0 fully saturated rings. The van der Waals surface area contributed by atoms with Gasteiger partial charge >= 0.3 is 0 Å². The number of halogens is 1. The first-order valence-electron chi connectivity index (χ1n) is 9.43. The maximum atomic E-state index is 13.1. The monoisotopic (exact) mass is 379 g/mol. The van der Waals surface area contributed by atoms with Crippen LogP contribution in [-0.4, -0.2) is 29.7 Å². The van der Waals surface area contributed by atoms with E-state index < -0.39 is 0 Å². The van der Waals surface area contributed by atoms with Gasteiger partial charge in [0, 0.05) is 37.6 Å². The van der Waals surface area contributed by atoms with Gasteiger partial charge in [-0.2, -0.15) is 0 Å². The number of anilines is 1. The number of benzene rings is 2. The van der Waals surface area contributed by atoms with Gasteiger partial charge in [-0.3, -0.25) is 0 Å². The molecule has 1 N–H and O–H groups in total. The molecule has 0 aliphatic heterocycles. The van der Waals surface area contributed by atoms with E-state index in [-0.39, 0.29) is 6.04 Å². The van der Waals surface area contributed by atoms with Crippen LogP contribution < -0.4 is 5.32 Å². The van der Waals surface area contributed by atoms with Crippen LogP contribution in [0.2, 0.25) is 0 Å². The number of hydrogen-bond acceptors (Lipinski definition) is 3. The van der Waals surface area contributed by atoms with Crippen molar-refractivity contribution in [2.45, 2.75) is 25.9 Å². The van der Waals surface area contributed by atoms with Crippen LogP contribution >= 0.6 is 0 Å². The molecule has 0 aromatic heterocycles. The third-order valence-electron chi connectivity index (χ3n) is 4.79. The van der Waals surface area contributed by atoms with Crippen LogP contribution in [0.15, 0.2) is 80.5 Å². The van der Waals surface area contributed by atoms with Gasteiger partial charge in [-0.1, -0.05) is 55.6 Å². The summed E-state index contributed by atoms with van der Waals surface area (Å²) in [4.78, 5) is 2.09. The lowest BCUT2D eigenvalue weighted by molar-refractivity contribution is 0.0523. The molecule has 0 heterocycles. The second-order valence-electron chi connectivity index (χ2n) is 6.89. The standard InChI is InChI=1S/C24H30FN3/c1-6-24(15-16-27(5)25)28(7-2)18-22-17-23(14-13-19(22)3)26-20(4)21-11-9-8-10-12-21/h6-14,17,24,26H,1-2,4,15-16,18H2,3,5H3. The van der Waals surface area contributed by atoms with Crippen LogP contribution in [0.5, 0.6) is 0 Å². The first-order valence-corrected chi connectivity index (χ1v) is 9.43. The Bertz CT molecular complexity index is 799. The Kier molecular flexibility index (Phi) is 8.02. The minimum absolute atomic E-state index is 0.0194. The number of aryl methyl sites for hydroxylation is 1. The van der Waals surface area contributed by atoms with Crippen molar-refractivity contribution in [1.29, 1.82) is 0 Å². The molecule has 0 radical (unpaired) electrons. The van der Waals surface area contributed by atoms with E-state index in [9.17, 15) is 4.48 Å². The summed E-state index contributed by atoms with van der Waals surface area (Å²) in [6, 6.07) is 16.3. The molecule has 4 heteroatoms. The lowest BCUT2D eigenvalue weighted by Gasteiger charge is -2.29. The van der Waals surface area contributed by atoms with Crippen molar-refractivity contribution in [1.82, 2.24) is 10.0 Å². The summed E-state index contributed by atoms with van der Waals surface area (Å²) in [6.07, 6.45) is 4.29. The average molecular weight is 380 g/mol. The van der Waals surface area contributed by atoms with Crippen LogP contribution in [0.3, 0.4) is 0 Å². The van der Waals surface area contributed by atoms with Crippen LogP contribution in [-0.2, 0) is 6.54 Å². The van der Waals surface area contributed by atoms with Crippen molar-refractivity contribution >= 4 is 11.4 Å². The van der Waals surface area contributed by atoms with E-state index in [2.05, 4.69) is 49.0 Å². The molecular weight excluding hydrogens is 349 g/mol. The van der Waals surface area contributed by atoms with E-state index in [0.29, 0.717) is 24.6 Å². The van der Waals surface area contributed by atoms with E-state index in [1.165, 1.54) is 18.2 Å². The predicted molar refractivity (Wildman–Crippen MR) is 118 cm³/mol. The topological polar surface area (TPSA) is 18.5 Å². The fraction of sp³-hybridized carbons (Fsp3) is 0.250. The van der Waals surface area contributed by atoms with Crippen molar-refractivity contribution in [3.8, 4) is 0 Å². The minimum atomic E-state index is 0.0194. The largest absolute Gasteiger partial charge is 0.367 e. The van der Waals surface area contributed by atoms with Gasteiger partial charge in [-0.05, 0) is 48.4 Å². The van der Waals surface area contributed by atoms with Crippen LogP contribution in [0.4, 0.5) is 10.2 Å². The first kappa shape index (κ1) is 21.5. The van der Waals surface area contributed by atoms with E-state index in [1.807, 2.05) is 42.5 Å². The molecule has 0 aliphatic rings. The fourth-order valence-corrected chi connectivity index (χ4v) is 3.05. The van der Waals surface area contributed by atoms with E-state index in [4.69, 9.17) is 0 Å². The molecule has 1 atom stereocenters. The van der Waals surface area contributed by atoms with Gasteiger partial charge in [0.25, 0.3) is 0 Å². The van der Waals surface area contributed by atoms with Crippen molar-refractivity contribution in [3.05, 3.63) is 97.2 Å². The maximum absolute atomic E-state index is 13.1. The number of nitrogens with one attached hydrogen (secondary N) is 1. The molecule has 0 amide bonds. The Labute approximate surface area is 168 Å². The Morgan fingerprint density at radius 1 is 1.18 bits per heavy atom. The minimum Gasteiger partial charge on any atom is -0.367 e. The molecule has 148 valence electrons. The van der Waals surface area contributed by atoms with Gasteiger partial charge in [0.2, 0.25) is 0 Å². The Morgan fingerprint density at radius 3 is 2.50 bits per heavy atom. The highest BCUT2D eigenvalue weighted by Crippen LogP contribution is 2.22. The lowest BCUT2D eigenvalue weighted by Crippen LogP contribution is -2.31. The second kappa shape index (κ2) is 10.5. The van der Waals surface area contributed by atoms with E-state index >= 15 is 0 Å². The molecule has 0 spiro atoms. The maximum Gasteiger partial charge on any atom is 0.0481 e. The van der Waals surface area contributed by atoms with Gasteiger partial charge in [-0.15, -0.1) is 16.2 Å². The van der Waals surface area contributed by atoms with Crippen LogP contribution in [0.25, 0.3) is 5.70 Å². The third kappa shape index (κ3) is 6.10. The Balaban J connectivity index is 2.14. The summed E-state index contributed by atoms with van der Waals surface area (Å²) in [6.45, 7) is 15.1. The van der Waals surface area contributed by atoms with Crippen LogP contribution in [0.1, 0.15) is 23.1 Å². The SMILES string of the molecule is C=CC(CCN(C)F)N(C=C)Cc1cc(NC(=C)c2ccccc2)ccc1C. The molecule has 2 rings (SSSR count). The summed E-state index contributed by atoms with van der Waals surface area (Å²) in [5.74, 6) is 0. The van der Waals surface area contributed by atoms with Crippen LogP contribution in [0, 0.1) is 6.92 Å². The van der Waals surface area contributed by atoms with Gasteiger partial charge in [-0.25, -0.2) is 0 Å². The van der Waals surface area contributed by atoms with Gasteiger partial charge in [0.05, 0.1) is 0 Å². The van der Waals surface area contributed by atoms with E-state index in [1.54, 1.807) is 6.20 Å². The first-order chi connectivity index (χ1) is 13.4. The van der Waals surface area contributed by atoms with Gasteiger partial charge in [0.1, 0.15) is 0 Å². The number of hydrogen-bond donors (Lipinski definition) is 1. The molecule has 0 aliphatic carbocycles. The molecule has 0 saturated carbocycles. The zero-order valence-electron chi connectivity index (χ0n) is 16.9. The Morgan fingerprint density at radius 2 is 1.89 bits per heavy atom. The van der Waals surface area contributed by atoms with Gasteiger partial charge < -0.3 is 10.2 Å². The lowest BCUT2D eigenvalue weighted by atomic mass is 10.0. The van der Waals surface area contributed by atoms with Crippen molar-refractivity contribution < 1.29 is 4.48 Å². The summed E-state index contributed by atoms with van der Waals surface area (Å²) in [5, 5.41) is 4.08. The summed E-state index contributed by atoms with van der Waals surface area (Å²) in [7, 11) is 1.43. The quantitative estimate of drug-likeness (QED) is 0.394. The van der Waals surface area contributed by atoms with Crippen molar-refractivity contribution in [3.63, 3.8) is 0 Å². The predicted octanol–water partition coefficient (Wildman–Crippen LogP) is 5.78. The normalized spacial score (nSPS) is 11.7. The van der Waals surface area contributed by atoms with E-state index in [0.717, 1.165) is 16.9 Å². The Hall–Kier alpha value is -2.85.